The fraction of sp³-hybridized carbons (Fsp3) is 0.167. The lowest BCUT2D eigenvalue weighted by Gasteiger charge is -2.10. The van der Waals surface area contributed by atoms with Crippen molar-refractivity contribution in [2.75, 3.05) is 0 Å². The Balaban J connectivity index is 2.43. The van der Waals surface area contributed by atoms with Crippen LogP contribution < -0.4 is 0 Å². The molecule has 2 aromatic rings. The van der Waals surface area contributed by atoms with E-state index in [2.05, 4.69) is 15.9 Å². The van der Waals surface area contributed by atoms with Gasteiger partial charge in [-0.15, -0.1) is 22.9 Å². The van der Waals surface area contributed by atoms with E-state index in [0.717, 1.165) is 14.9 Å². The standard InChI is InChI=1S/C12H8BrCl3S/c1-6-10(5-11(13)17-6)12(16)7-2-8(14)4-9(15)3-7/h2-5,12H,1H3. The number of alkyl halides is 1. The summed E-state index contributed by atoms with van der Waals surface area (Å²) in [6, 6.07) is 7.42. The van der Waals surface area contributed by atoms with Crippen molar-refractivity contribution < 1.29 is 0 Å². The molecule has 1 aromatic carbocycles. The first-order chi connectivity index (χ1) is 7.97. The Kier molecular flexibility index (Phi) is 4.43. The minimum atomic E-state index is -0.228. The number of hydrogen-bond donors (Lipinski definition) is 0. The molecule has 0 radical (unpaired) electrons. The van der Waals surface area contributed by atoms with Crippen molar-refractivity contribution >= 4 is 62.1 Å². The van der Waals surface area contributed by atoms with Gasteiger partial charge in [-0.25, -0.2) is 0 Å². The average Bonchev–Trinajstić information content (AvgIpc) is 2.55. The first-order valence-corrected chi connectivity index (χ1v) is 7.63. The maximum Gasteiger partial charge on any atom is 0.0847 e. The largest absolute Gasteiger partial charge is 0.133 e. The molecule has 17 heavy (non-hydrogen) atoms. The van der Waals surface area contributed by atoms with Crippen LogP contribution in [0.5, 0.6) is 0 Å². The minimum absolute atomic E-state index is 0.228. The van der Waals surface area contributed by atoms with Gasteiger partial charge in [-0.3, -0.25) is 0 Å². The Morgan fingerprint density at radius 3 is 2.18 bits per heavy atom. The number of rotatable bonds is 2. The second-order valence-corrected chi connectivity index (χ2v) is 7.57. The number of halogens is 4. The summed E-state index contributed by atoms with van der Waals surface area (Å²) >= 11 is 23.5. The van der Waals surface area contributed by atoms with Gasteiger partial charge in [0.1, 0.15) is 0 Å². The Morgan fingerprint density at radius 2 is 1.71 bits per heavy atom. The van der Waals surface area contributed by atoms with Crippen LogP contribution in [-0.2, 0) is 0 Å². The van der Waals surface area contributed by atoms with E-state index in [1.807, 2.05) is 25.1 Å². The zero-order valence-electron chi connectivity index (χ0n) is 8.81. The Labute approximate surface area is 128 Å². The lowest BCUT2D eigenvalue weighted by atomic mass is 10.1. The molecule has 1 atom stereocenters. The molecule has 0 saturated carbocycles. The molecule has 0 fully saturated rings. The highest BCUT2D eigenvalue weighted by atomic mass is 79.9. The zero-order chi connectivity index (χ0) is 12.6. The monoisotopic (exact) mass is 368 g/mol. The first kappa shape index (κ1) is 13.7. The second-order valence-electron chi connectivity index (χ2n) is 3.63. The van der Waals surface area contributed by atoms with Crippen LogP contribution in [-0.4, -0.2) is 0 Å². The minimum Gasteiger partial charge on any atom is -0.133 e. The van der Waals surface area contributed by atoms with E-state index in [9.17, 15) is 0 Å². The summed E-state index contributed by atoms with van der Waals surface area (Å²) in [6.45, 7) is 2.05. The molecular formula is C12H8BrCl3S. The third kappa shape index (κ3) is 3.18. The van der Waals surface area contributed by atoms with E-state index in [-0.39, 0.29) is 5.38 Å². The summed E-state index contributed by atoms with van der Waals surface area (Å²) < 4.78 is 1.07. The predicted molar refractivity (Wildman–Crippen MR) is 80.9 cm³/mol. The average molecular weight is 371 g/mol. The molecule has 0 aliphatic rings. The molecule has 0 nitrogen and oxygen atoms in total. The van der Waals surface area contributed by atoms with Crippen LogP contribution in [0.3, 0.4) is 0 Å². The van der Waals surface area contributed by atoms with Crippen molar-refractivity contribution in [3.8, 4) is 0 Å². The lowest BCUT2D eigenvalue weighted by molar-refractivity contribution is 1.13. The predicted octanol–water partition coefficient (Wildman–Crippen LogP) is 6.45. The van der Waals surface area contributed by atoms with Gasteiger partial charge >= 0.3 is 0 Å². The van der Waals surface area contributed by atoms with Gasteiger partial charge in [-0.05, 0) is 58.2 Å². The summed E-state index contributed by atoms with van der Waals surface area (Å²) in [7, 11) is 0. The topological polar surface area (TPSA) is 0 Å². The van der Waals surface area contributed by atoms with Gasteiger partial charge in [-0.1, -0.05) is 23.2 Å². The highest BCUT2D eigenvalue weighted by Gasteiger charge is 2.16. The molecule has 0 bridgehead atoms. The highest BCUT2D eigenvalue weighted by molar-refractivity contribution is 9.11. The molecule has 90 valence electrons. The van der Waals surface area contributed by atoms with Crippen LogP contribution in [0.2, 0.25) is 10.0 Å². The molecule has 1 unspecified atom stereocenters. The van der Waals surface area contributed by atoms with Crippen molar-refractivity contribution in [2.45, 2.75) is 12.3 Å². The summed E-state index contributed by atoms with van der Waals surface area (Å²) in [4.78, 5) is 1.19. The van der Waals surface area contributed by atoms with E-state index in [1.165, 1.54) is 4.88 Å². The maximum atomic E-state index is 6.46. The normalized spacial score (nSPS) is 12.8. The van der Waals surface area contributed by atoms with Gasteiger partial charge in [0.2, 0.25) is 0 Å². The SMILES string of the molecule is Cc1sc(Br)cc1C(Cl)c1cc(Cl)cc(Cl)c1. The van der Waals surface area contributed by atoms with E-state index in [4.69, 9.17) is 34.8 Å². The molecular weight excluding hydrogens is 362 g/mol. The van der Waals surface area contributed by atoms with E-state index >= 15 is 0 Å². The fourth-order valence-corrected chi connectivity index (χ4v) is 4.32. The number of aryl methyl sites for hydroxylation is 1. The van der Waals surface area contributed by atoms with Gasteiger partial charge in [0.25, 0.3) is 0 Å². The first-order valence-electron chi connectivity index (χ1n) is 4.83. The van der Waals surface area contributed by atoms with Crippen molar-refractivity contribution in [3.05, 3.63) is 54.1 Å². The van der Waals surface area contributed by atoms with Crippen molar-refractivity contribution in [2.24, 2.45) is 0 Å². The van der Waals surface area contributed by atoms with Gasteiger partial charge in [-0.2, -0.15) is 0 Å². The van der Waals surface area contributed by atoms with Crippen molar-refractivity contribution in [1.29, 1.82) is 0 Å². The van der Waals surface area contributed by atoms with E-state index in [0.29, 0.717) is 10.0 Å². The molecule has 0 aliphatic carbocycles. The van der Waals surface area contributed by atoms with Gasteiger partial charge in [0.05, 0.1) is 9.16 Å². The van der Waals surface area contributed by atoms with Gasteiger partial charge in [0.15, 0.2) is 0 Å². The summed E-state index contributed by atoms with van der Waals surface area (Å²) in [5, 5.41) is 0.976. The summed E-state index contributed by atoms with van der Waals surface area (Å²) in [5.41, 5.74) is 2.00. The van der Waals surface area contributed by atoms with E-state index < -0.39 is 0 Å². The third-order valence-electron chi connectivity index (χ3n) is 2.38. The number of hydrogen-bond acceptors (Lipinski definition) is 1. The van der Waals surface area contributed by atoms with Crippen LogP contribution in [0.4, 0.5) is 0 Å². The molecule has 0 spiro atoms. The highest BCUT2D eigenvalue weighted by Crippen LogP contribution is 2.38. The third-order valence-corrected chi connectivity index (χ3v) is 4.87. The zero-order valence-corrected chi connectivity index (χ0v) is 13.5. The molecule has 0 N–H and O–H groups in total. The van der Waals surface area contributed by atoms with Gasteiger partial charge in [0, 0.05) is 14.9 Å². The fourth-order valence-electron chi connectivity index (χ4n) is 1.61. The molecule has 0 saturated heterocycles. The van der Waals surface area contributed by atoms with Crippen LogP contribution in [0, 0.1) is 6.92 Å². The lowest BCUT2D eigenvalue weighted by Crippen LogP contribution is -1.93. The summed E-state index contributed by atoms with van der Waals surface area (Å²) in [6.07, 6.45) is 0. The second kappa shape index (κ2) is 5.50. The molecule has 1 aromatic heterocycles. The van der Waals surface area contributed by atoms with Crippen molar-refractivity contribution in [3.63, 3.8) is 0 Å². The Bertz CT molecular complexity index is 530. The van der Waals surface area contributed by atoms with Crippen LogP contribution in [0.25, 0.3) is 0 Å². The number of benzene rings is 1. The molecule has 0 amide bonds. The molecule has 2 rings (SSSR count). The maximum absolute atomic E-state index is 6.46. The van der Waals surface area contributed by atoms with E-state index in [1.54, 1.807) is 17.4 Å². The molecule has 1 heterocycles. The smallest absolute Gasteiger partial charge is 0.0847 e. The Morgan fingerprint density at radius 1 is 1.12 bits per heavy atom. The van der Waals surface area contributed by atoms with Crippen LogP contribution >= 0.6 is 62.1 Å². The van der Waals surface area contributed by atoms with Crippen LogP contribution in [0.1, 0.15) is 21.4 Å². The number of thiophene rings is 1. The quantitative estimate of drug-likeness (QED) is 0.533. The Hall–Kier alpha value is 0.270. The van der Waals surface area contributed by atoms with Gasteiger partial charge < -0.3 is 0 Å². The van der Waals surface area contributed by atoms with Crippen molar-refractivity contribution in [1.82, 2.24) is 0 Å². The van der Waals surface area contributed by atoms with Crippen LogP contribution in [0.15, 0.2) is 28.1 Å². The molecule has 5 heteroatoms. The summed E-state index contributed by atoms with van der Waals surface area (Å²) in [5.74, 6) is 0. The molecule has 0 aliphatic heterocycles.